The van der Waals surface area contributed by atoms with Gasteiger partial charge in [0, 0.05) is 10.9 Å². The van der Waals surface area contributed by atoms with Crippen LogP contribution in [0.2, 0.25) is 0 Å². The number of nitrogens with one attached hydrogen (secondary N) is 1. The number of carbonyl (C=O) groups excluding carboxylic acids is 2. The summed E-state index contributed by atoms with van der Waals surface area (Å²) >= 11 is 1.29. The molecule has 0 atom stereocenters. The van der Waals surface area contributed by atoms with Crippen LogP contribution < -0.4 is 10.1 Å². The van der Waals surface area contributed by atoms with Crippen LogP contribution in [0.15, 0.2) is 60.0 Å². The number of anilines is 1. The molecule has 5 nitrogen and oxygen atoms in total. The monoisotopic (exact) mass is 395 g/mol. The highest BCUT2D eigenvalue weighted by molar-refractivity contribution is 7.15. The fraction of sp³-hybridized carbons (Fsp3) is 0.182. The highest BCUT2D eigenvalue weighted by Gasteiger charge is 2.22. The molecule has 1 heterocycles. The van der Waals surface area contributed by atoms with Crippen molar-refractivity contribution in [1.82, 2.24) is 0 Å². The minimum atomic E-state index is -0.461. The van der Waals surface area contributed by atoms with Gasteiger partial charge in [0.1, 0.15) is 16.3 Å². The molecular formula is C22H21NO4S. The Bertz CT molecular complexity index is 948. The molecule has 0 aliphatic rings. The second kappa shape index (κ2) is 9.19. The lowest BCUT2D eigenvalue weighted by Gasteiger charge is -2.10. The van der Waals surface area contributed by atoms with Gasteiger partial charge in [0.05, 0.1) is 6.61 Å². The van der Waals surface area contributed by atoms with Crippen LogP contribution in [-0.4, -0.2) is 25.1 Å². The van der Waals surface area contributed by atoms with Gasteiger partial charge in [-0.15, -0.1) is 11.3 Å². The smallest absolute Gasteiger partial charge is 0.341 e. The van der Waals surface area contributed by atoms with E-state index in [1.807, 2.05) is 66.9 Å². The fourth-order valence-electron chi connectivity index (χ4n) is 2.63. The minimum absolute atomic E-state index is 0.149. The summed E-state index contributed by atoms with van der Waals surface area (Å²) in [5, 5.41) is 5.07. The molecule has 0 fully saturated rings. The van der Waals surface area contributed by atoms with Gasteiger partial charge in [-0.05, 0) is 31.5 Å². The Morgan fingerprint density at radius 1 is 1.04 bits per heavy atom. The third-order valence-corrected chi connectivity index (χ3v) is 4.89. The van der Waals surface area contributed by atoms with Crippen molar-refractivity contribution in [2.24, 2.45) is 0 Å². The summed E-state index contributed by atoms with van der Waals surface area (Å²) in [4.78, 5) is 24.9. The molecule has 1 amide bonds. The van der Waals surface area contributed by atoms with Gasteiger partial charge in [-0.25, -0.2) is 4.79 Å². The summed E-state index contributed by atoms with van der Waals surface area (Å²) in [6, 6.07) is 17.0. The molecule has 0 spiro atoms. The van der Waals surface area contributed by atoms with E-state index < -0.39 is 5.97 Å². The predicted molar refractivity (Wildman–Crippen MR) is 111 cm³/mol. The number of amides is 1. The number of esters is 1. The third kappa shape index (κ3) is 4.78. The van der Waals surface area contributed by atoms with E-state index in [-0.39, 0.29) is 19.1 Å². The summed E-state index contributed by atoms with van der Waals surface area (Å²) in [6.45, 7) is 3.84. The lowest BCUT2D eigenvalue weighted by molar-refractivity contribution is -0.118. The van der Waals surface area contributed by atoms with E-state index in [1.165, 1.54) is 11.3 Å². The Labute approximate surface area is 167 Å². The average molecular weight is 395 g/mol. The zero-order valence-electron chi connectivity index (χ0n) is 15.7. The maximum atomic E-state index is 12.5. The molecule has 6 heteroatoms. The van der Waals surface area contributed by atoms with E-state index in [0.29, 0.717) is 16.3 Å². The minimum Gasteiger partial charge on any atom is -0.484 e. The number of ether oxygens (including phenoxy) is 2. The molecule has 144 valence electrons. The van der Waals surface area contributed by atoms with Crippen LogP contribution in [-0.2, 0) is 9.53 Å². The fourth-order valence-corrected chi connectivity index (χ4v) is 3.61. The first-order chi connectivity index (χ1) is 13.6. The second-order valence-corrected chi connectivity index (χ2v) is 6.97. The Morgan fingerprint density at radius 3 is 2.43 bits per heavy atom. The number of thiophene rings is 1. The van der Waals surface area contributed by atoms with Crippen LogP contribution in [0.3, 0.4) is 0 Å². The first-order valence-corrected chi connectivity index (χ1v) is 9.79. The highest BCUT2D eigenvalue weighted by Crippen LogP contribution is 2.36. The van der Waals surface area contributed by atoms with Gasteiger partial charge in [-0.3, -0.25) is 4.79 Å². The summed E-state index contributed by atoms with van der Waals surface area (Å²) in [5.41, 5.74) is 3.10. The van der Waals surface area contributed by atoms with Gasteiger partial charge >= 0.3 is 5.97 Å². The SMILES string of the molecule is CCOC(=O)c1c(-c2ccccc2)csc1NC(=O)COc1ccc(C)cc1. The van der Waals surface area contributed by atoms with Crippen molar-refractivity contribution in [2.45, 2.75) is 13.8 Å². The molecule has 0 aliphatic carbocycles. The summed E-state index contributed by atoms with van der Waals surface area (Å²) in [7, 11) is 0. The Hall–Kier alpha value is -3.12. The quantitative estimate of drug-likeness (QED) is 0.577. The molecule has 0 unspecified atom stereocenters. The van der Waals surface area contributed by atoms with E-state index >= 15 is 0 Å². The van der Waals surface area contributed by atoms with Crippen molar-refractivity contribution in [2.75, 3.05) is 18.5 Å². The van der Waals surface area contributed by atoms with E-state index in [0.717, 1.165) is 16.7 Å². The van der Waals surface area contributed by atoms with Gasteiger partial charge in [-0.1, -0.05) is 48.0 Å². The van der Waals surface area contributed by atoms with Crippen LogP contribution in [0.4, 0.5) is 5.00 Å². The van der Waals surface area contributed by atoms with Crippen molar-refractivity contribution >= 4 is 28.2 Å². The molecule has 28 heavy (non-hydrogen) atoms. The first-order valence-electron chi connectivity index (χ1n) is 8.92. The molecule has 0 saturated carbocycles. The zero-order valence-corrected chi connectivity index (χ0v) is 16.5. The molecule has 2 aromatic carbocycles. The third-order valence-electron chi connectivity index (χ3n) is 4.00. The molecule has 1 N–H and O–H groups in total. The normalized spacial score (nSPS) is 10.4. The van der Waals surface area contributed by atoms with Crippen molar-refractivity contribution in [3.05, 3.63) is 71.1 Å². The molecule has 0 aliphatic heterocycles. The van der Waals surface area contributed by atoms with Gasteiger partial charge in [0.15, 0.2) is 6.61 Å². The largest absolute Gasteiger partial charge is 0.484 e. The maximum absolute atomic E-state index is 12.5. The Kier molecular flexibility index (Phi) is 6.45. The van der Waals surface area contributed by atoms with Crippen LogP contribution in [0.1, 0.15) is 22.8 Å². The number of hydrogen-bond acceptors (Lipinski definition) is 5. The Balaban J connectivity index is 1.77. The van der Waals surface area contributed by atoms with Gasteiger partial charge in [0.2, 0.25) is 0 Å². The lowest BCUT2D eigenvalue weighted by Crippen LogP contribution is -2.21. The lowest BCUT2D eigenvalue weighted by atomic mass is 10.0. The number of benzene rings is 2. The van der Waals surface area contributed by atoms with Crippen LogP contribution in [0.5, 0.6) is 5.75 Å². The van der Waals surface area contributed by atoms with E-state index in [1.54, 1.807) is 6.92 Å². The Morgan fingerprint density at radius 2 is 1.75 bits per heavy atom. The first kappa shape index (κ1) is 19.6. The predicted octanol–water partition coefficient (Wildman–Crippen LogP) is 4.92. The number of rotatable bonds is 7. The van der Waals surface area contributed by atoms with Crippen LogP contribution in [0.25, 0.3) is 11.1 Å². The van der Waals surface area contributed by atoms with E-state index in [2.05, 4.69) is 5.32 Å². The molecule has 0 bridgehead atoms. The van der Waals surface area contributed by atoms with Crippen molar-refractivity contribution in [3.63, 3.8) is 0 Å². The molecule has 3 aromatic rings. The van der Waals surface area contributed by atoms with Crippen molar-refractivity contribution in [3.8, 4) is 16.9 Å². The molecule has 0 saturated heterocycles. The topological polar surface area (TPSA) is 64.6 Å². The second-order valence-electron chi connectivity index (χ2n) is 6.09. The van der Waals surface area contributed by atoms with E-state index in [4.69, 9.17) is 9.47 Å². The standard InChI is InChI=1S/C22H21NO4S/c1-3-26-22(25)20-18(16-7-5-4-6-8-16)14-28-21(20)23-19(24)13-27-17-11-9-15(2)10-12-17/h4-12,14H,3,13H2,1-2H3,(H,23,24). The molecule has 1 aromatic heterocycles. The van der Waals surface area contributed by atoms with Gasteiger partial charge < -0.3 is 14.8 Å². The summed E-state index contributed by atoms with van der Waals surface area (Å²) in [6.07, 6.45) is 0. The molecular weight excluding hydrogens is 374 g/mol. The van der Waals surface area contributed by atoms with Crippen molar-refractivity contribution < 1.29 is 19.1 Å². The highest BCUT2D eigenvalue weighted by atomic mass is 32.1. The summed E-state index contributed by atoms with van der Waals surface area (Å²) in [5.74, 6) is -0.188. The number of aryl methyl sites for hydroxylation is 1. The average Bonchev–Trinajstić information content (AvgIpc) is 3.12. The number of hydrogen-bond donors (Lipinski definition) is 1. The van der Waals surface area contributed by atoms with Gasteiger partial charge in [-0.2, -0.15) is 0 Å². The van der Waals surface area contributed by atoms with Gasteiger partial charge in [0.25, 0.3) is 5.91 Å². The van der Waals surface area contributed by atoms with Crippen LogP contribution >= 0.6 is 11.3 Å². The molecule has 3 rings (SSSR count). The van der Waals surface area contributed by atoms with Crippen molar-refractivity contribution in [1.29, 1.82) is 0 Å². The van der Waals surface area contributed by atoms with E-state index in [9.17, 15) is 9.59 Å². The maximum Gasteiger partial charge on any atom is 0.341 e. The van der Waals surface area contributed by atoms with Crippen LogP contribution in [0, 0.1) is 6.92 Å². The molecule has 0 radical (unpaired) electrons. The summed E-state index contributed by atoms with van der Waals surface area (Å²) < 4.78 is 10.7. The zero-order chi connectivity index (χ0) is 19.9. The number of carbonyl (C=O) groups is 2.